The summed E-state index contributed by atoms with van der Waals surface area (Å²) in [7, 11) is 0. The zero-order valence-corrected chi connectivity index (χ0v) is 14.8. The van der Waals surface area contributed by atoms with E-state index < -0.39 is 0 Å². The average Bonchev–Trinajstić information content (AvgIpc) is 3.18. The summed E-state index contributed by atoms with van der Waals surface area (Å²) in [5, 5.41) is 0. The van der Waals surface area contributed by atoms with Gasteiger partial charge >= 0.3 is 0 Å². The smallest absolute Gasteiger partial charge is 0.270 e. The Morgan fingerprint density at radius 2 is 2.07 bits per heavy atom. The van der Waals surface area contributed by atoms with Gasteiger partial charge in [0.2, 0.25) is 5.89 Å². The normalized spacial score (nSPS) is 13.5. The van der Waals surface area contributed by atoms with E-state index in [4.69, 9.17) is 4.42 Å². The maximum absolute atomic E-state index is 13.0. The molecular weight excluding hydrogens is 358 g/mol. The number of carbonyl (C=O) groups is 1. The largest absolute Gasteiger partial charge is 0.441 e. The van der Waals surface area contributed by atoms with Crippen LogP contribution in [0, 0.1) is 0 Å². The molecule has 5 rings (SSSR count). The van der Waals surface area contributed by atoms with E-state index in [1.54, 1.807) is 41.7 Å². The molecule has 0 unspecified atom stereocenters. The van der Waals surface area contributed by atoms with Crippen LogP contribution < -0.4 is 5.56 Å². The fourth-order valence-corrected chi connectivity index (χ4v) is 3.33. The van der Waals surface area contributed by atoms with E-state index in [2.05, 4.69) is 15.0 Å². The van der Waals surface area contributed by atoms with Crippen LogP contribution in [0.5, 0.6) is 0 Å². The number of pyridine rings is 2. The Balaban J connectivity index is 1.45. The number of hydrogen-bond acceptors (Lipinski definition) is 6. The van der Waals surface area contributed by atoms with E-state index in [-0.39, 0.29) is 23.6 Å². The van der Waals surface area contributed by atoms with Crippen molar-refractivity contribution in [1.29, 1.82) is 0 Å². The zero-order chi connectivity index (χ0) is 19.1. The summed E-state index contributed by atoms with van der Waals surface area (Å²) in [6, 6.07) is 8.92. The lowest BCUT2D eigenvalue weighted by atomic mass is 10.1. The van der Waals surface area contributed by atoms with Gasteiger partial charge in [0.1, 0.15) is 22.7 Å². The second-order valence-corrected chi connectivity index (χ2v) is 6.51. The van der Waals surface area contributed by atoms with Crippen LogP contribution in [-0.4, -0.2) is 36.7 Å². The summed E-state index contributed by atoms with van der Waals surface area (Å²) in [4.78, 5) is 40.1. The second-order valence-electron chi connectivity index (χ2n) is 6.51. The molecule has 28 heavy (non-hydrogen) atoms. The Kier molecular flexibility index (Phi) is 3.75. The Hall–Kier alpha value is -3.81. The molecule has 0 N–H and O–H groups in total. The van der Waals surface area contributed by atoms with Crippen LogP contribution >= 0.6 is 0 Å². The van der Waals surface area contributed by atoms with Crippen LogP contribution in [0.15, 0.2) is 64.3 Å². The number of carbonyl (C=O) groups excluding carboxylic acids is 1. The summed E-state index contributed by atoms with van der Waals surface area (Å²) in [5.74, 6) is 0.892. The third-order valence-corrected chi connectivity index (χ3v) is 4.77. The van der Waals surface area contributed by atoms with Gasteiger partial charge in [-0.1, -0.05) is 6.07 Å². The van der Waals surface area contributed by atoms with Gasteiger partial charge in [0.15, 0.2) is 0 Å². The van der Waals surface area contributed by atoms with Gasteiger partial charge in [-0.2, -0.15) is 0 Å². The molecule has 0 saturated heterocycles. The lowest BCUT2D eigenvalue weighted by Gasteiger charge is -2.25. The fourth-order valence-electron chi connectivity index (χ4n) is 3.33. The van der Waals surface area contributed by atoms with Gasteiger partial charge in [0, 0.05) is 37.8 Å². The number of aromatic nitrogens is 4. The highest BCUT2D eigenvalue weighted by Crippen LogP contribution is 2.26. The first-order valence-electron chi connectivity index (χ1n) is 8.85. The molecule has 0 atom stereocenters. The van der Waals surface area contributed by atoms with Gasteiger partial charge in [-0.25, -0.2) is 9.97 Å². The molecule has 138 valence electrons. The summed E-state index contributed by atoms with van der Waals surface area (Å²) in [5.41, 5.74) is 1.65. The number of nitrogens with zero attached hydrogens (tertiary/aromatic N) is 5. The Morgan fingerprint density at radius 1 is 1.14 bits per heavy atom. The first-order chi connectivity index (χ1) is 13.7. The van der Waals surface area contributed by atoms with Crippen molar-refractivity contribution in [3.05, 3.63) is 82.5 Å². The van der Waals surface area contributed by atoms with Crippen LogP contribution in [0.2, 0.25) is 0 Å². The number of rotatable bonds is 2. The quantitative estimate of drug-likeness (QED) is 0.533. The molecule has 0 bridgehead atoms. The number of amides is 1. The van der Waals surface area contributed by atoms with Crippen molar-refractivity contribution in [3.63, 3.8) is 0 Å². The molecule has 0 aromatic carbocycles. The zero-order valence-electron chi connectivity index (χ0n) is 14.8. The van der Waals surface area contributed by atoms with E-state index in [1.807, 2.05) is 12.1 Å². The van der Waals surface area contributed by atoms with Gasteiger partial charge in [-0.3, -0.25) is 19.0 Å². The molecule has 8 heteroatoms. The standard InChI is InChI=1S/C20H15N5O3/c26-19(14-11-22-17-5-1-2-8-25(17)20(14)27)24-9-6-16-15(12-24)23-18(28-16)13-4-3-7-21-10-13/h1-5,7-8,10-11H,6,9,12H2. The van der Waals surface area contributed by atoms with E-state index >= 15 is 0 Å². The molecule has 0 fully saturated rings. The molecule has 0 spiro atoms. The predicted molar refractivity (Wildman–Crippen MR) is 99.6 cm³/mol. The molecular formula is C20H15N5O3. The van der Waals surface area contributed by atoms with Crippen LogP contribution in [0.3, 0.4) is 0 Å². The van der Waals surface area contributed by atoms with Crippen molar-refractivity contribution in [2.45, 2.75) is 13.0 Å². The summed E-state index contributed by atoms with van der Waals surface area (Å²) < 4.78 is 7.21. The molecule has 8 nitrogen and oxygen atoms in total. The molecule has 5 heterocycles. The maximum atomic E-state index is 13.0. The summed E-state index contributed by atoms with van der Waals surface area (Å²) in [6.07, 6.45) is 6.86. The Labute approximate surface area is 159 Å². The third kappa shape index (κ3) is 2.66. The Bertz CT molecular complexity index is 1250. The molecule has 1 amide bonds. The fraction of sp³-hybridized carbons (Fsp3) is 0.150. The summed E-state index contributed by atoms with van der Waals surface area (Å²) >= 11 is 0. The van der Waals surface area contributed by atoms with Crippen molar-refractivity contribution in [1.82, 2.24) is 24.3 Å². The number of hydrogen-bond donors (Lipinski definition) is 0. The van der Waals surface area contributed by atoms with Crippen LogP contribution in [0.1, 0.15) is 21.8 Å². The third-order valence-electron chi connectivity index (χ3n) is 4.77. The first-order valence-corrected chi connectivity index (χ1v) is 8.85. The molecule has 0 saturated carbocycles. The number of oxazole rings is 1. The minimum Gasteiger partial charge on any atom is -0.441 e. The van der Waals surface area contributed by atoms with Crippen LogP contribution in [0.25, 0.3) is 17.1 Å². The van der Waals surface area contributed by atoms with Crippen LogP contribution in [-0.2, 0) is 13.0 Å². The van der Waals surface area contributed by atoms with Crippen LogP contribution in [0.4, 0.5) is 0 Å². The highest BCUT2D eigenvalue weighted by atomic mass is 16.4. The van der Waals surface area contributed by atoms with E-state index in [9.17, 15) is 9.59 Å². The molecule has 1 aliphatic heterocycles. The average molecular weight is 373 g/mol. The first kappa shape index (κ1) is 16.4. The topological polar surface area (TPSA) is 93.6 Å². The highest BCUT2D eigenvalue weighted by Gasteiger charge is 2.28. The van der Waals surface area contributed by atoms with Crippen molar-refractivity contribution in [3.8, 4) is 11.5 Å². The van der Waals surface area contributed by atoms with Crippen molar-refractivity contribution in [2.75, 3.05) is 6.54 Å². The van der Waals surface area contributed by atoms with E-state index in [1.165, 1.54) is 10.6 Å². The highest BCUT2D eigenvalue weighted by molar-refractivity contribution is 5.93. The molecule has 0 radical (unpaired) electrons. The van der Waals surface area contributed by atoms with Gasteiger partial charge < -0.3 is 9.32 Å². The predicted octanol–water partition coefficient (Wildman–Crippen LogP) is 1.94. The molecule has 4 aromatic heterocycles. The van der Waals surface area contributed by atoms with E-state index in [0.29, 0.717) is 30.2 Å². The van der Waals surface area contributed by atoms with Crippen molar-refractivity contribution >= 4 is 11.6 Å². The van der Waals surface area contributed by atoms with Gasteiger partial charge in [-0.05, 0) is 24.3 Å². The summed E-state index contributed by atoms with van der Waals surface area (Å²) in [6.45, 7) is 0.735. The minimum atomic E-state index is -0.377. The van der Waals surface area contributed by atoms with Gasteiger partial charge in [0.25, 0.3) is 11.5 Å². The lowest BCUT2D eigenvalue weighted by Crippen LogP contribution is -2.39. The minimum absolute atomic E-state index is 0.0446. The maximum Gasteiger partial charge on any atom is 0.270 e. The molecule has 4 aromatic rings. The molecule has 1 aliphatic rings. The number of fused-ring (bicyclic) bond motifs is 2. The van der Waals surface area contributed by atoms with Crippen molar-refractivity contribution in [2.24, 2.45) is 0 Å². The van der Waals surface area contributed by atoms with E-state index in [0.717, 1.165) is 11.3 Å². The Morgan fingerprint density at radius 3 is 2.93 bits per heavy atom. The molecule has 0 aliphatic carbocycles. The van der Waals surface area contributed by atoms with Crippen molar-refractivity contribution < 1.29 is 9.21 Å². The monoisotopic (exact) mass is 373 g/mol. The van der Waals surface area contributed by atoms with Gasteiger partial charge in [-0.15, -0.1) is 0 Å². The second kappa shape index (κ2) is 6.41. The van der Waals surface area contributed by atoms with Gasteiger partial charge in [0.05, 0.1) is 12.1 Å². The SMILES string of the molecule is O=C(c1cnc2ccccn2c1=O)N1CCc2oc(-c3cccnc3)nc2C1. The lowest BCUT2D eigenvalue weighted by molar-refractivity contribution is 0.0725.